The summed E-state index contributed by atoms with van der Waals surface area (Å²) in [5.41, 5.74) is 3.30. The van der Waals surface area contributed by atoms with Crippen LogP contribution in [-0.2, 0) is 11.8 Å². The van der Waals surface area contributed by atoms with Gasteiger partial charge in [0.1, 0.15) is 11.5 Å². The molecule has 0 bridgehead atoms. The summed E-state index contributed by atoms with van der Waals surface area (Å²) < 4.78 is 6.56. The maximum Gasteiger partial charge on any atom is 0.205 e. The van der Waals surface area contributed by atoms with Crippen molar-refractivity contribution in [2.24, 2.45) is 0 Å². The highest BCUT2D eigenvalue weighted by atomic mass is 16.5. The predicted molar refractivity (Wildman–Crippen MR) is 218 cm³/mol. The highest BCUT2D eigenvalue weighted by Gasteiger charge is 2.45. The molecule has 0 aromatic heterocycles. The Labute approximate surface area is 333 Å². The molecule has 0 saturated carbocycles. The largest absolute Gasteiger partial charge is 0.504 e. The van der Waals surface area contributed by atoms with Crippen LogP contribution in [-0.4, -0.2) is 56.2 Å². The number of rotatable bonds is 3. The highest BCUT2D eigenvalue weighted by molar-refractivity contribution is 6.15. The molecule has 59 heavy (non-hydrogen) atoms. The zero-order valence-corrected chi connectivity index (χ0v) is 30.8. The number of fused-ring (bicyclic) bond motifs is 7. The van der Waals surface area contributed by atoms with Gasteiger partial charge in [-0.3, -0.25) is 0 Å². The van der Waals surface area contributed by atoms with Crippen LogP contribution in [0, 0.1) is 0 Å². The molecule has 2 aliphatic rings. The maximum atomic E-state index is 12.0. The van der Waals surface area contributed by atoms with Crippen molar-refractivity contribution in [3.8, 4) is 119 Å². The van der Waals surface area contributed by atoms with Gasteiger partial charge in [-0.1, -0.05) is 79.7 Å². The molecule has 11 N–H and O–H groups in total. The topological polar surface area (TPSA) is 232 Å². The van der Waals surface area contributed by atoms with Crippen LogP contribution in [0.15, 0.2) is 97.1 Å². The van der Waals surface area contributed by atoms with Crippen molar-refractivity contribution in [2.45, 2.75) is 18.8 Å². The summed E-state index contributed by atoms with van der Waals surface area (Å²) in [6, 6.07) is 31.2. The molecule has 0 saturated heterocycles. The summed E-state index contributed by atoms with van der Waals surface area (Å²) in [5, 5.41) is 122. The molecule has 0 amide bonds. The van der Waals surface area contributed by atoms with E-state index < -0.39 is 90.6 Å². The lowest BCUT2D eigenvalue weighted by atomic mass is 9.63. The van der Waals surface area contributed by atoms with Crippen molar-refractivity contribution in [1.29, 1.82) is 0 Å². The molecule has 1 atom stereocenters. The van der Waals surface area contributed by atoms with Gasteiger partial charge >= 0.3 is 0 Å². The summed E-state index contributed by atoms with van der Waals surface area (Å²) >= 11 is 0. The molecule has 1 aliphatic carbocycles. The fraction of sp³-hybridized carbons (Fsp3) is 0.0638. The number of benzene rings is 8. The van der Waals surface area contributed by atoms with E-state index >= 15 is 0 Å². The van der Waals surface area contributed by atoms with Gasteiger partial charge in [0, 0.05) is 27.3 Å². The second-order valence-electron chi connectivity index (χ2n) is 15.1. The minimum Gasteiger partial charge on any atom is -0.504 e. The van der Waals surface area contributed by atoms with Crippen LogP contribution in [0.4, 0.5) is 0 Å². The Morgan fingerprint density at radius 2 is 1.03 bits per heavy atom. The number of phenols is 11. The van der Waals surface area contributed by atoms with E-state index in [2.05, 4.69) is 12.1 Å². The predicted octanol–water partition coefficient (Wildman–Crippen LogP) is 9.39. The summed E-state index contributed by atoms with van der Waals surface area (Å²) in [7, 11) is 0. The van der Waals surface area contributed by atoms with Gasteiger partial charge in [-0.15, -0.1) is 0 Å². The number of phenolic OH excluding ortho intramolecular Hbond substituents is 11. The van der Waals surface area contributed by atoms with Gasteiger partial charge in [0.15, 0.2) is 46.0 Å². The zero-order chi connectivity index (χ0) is 41.4. The lowest BCUT2D eigenvalue weighted by molar-refractivity contribution is 0.346. The molecule has 292 valence electrons. The Bertz CT molecular complexity index is 3150. The molecule has 1 aliphatic heterocycles. The molecule has 1 heterocycles. The van der Waals surface area contributed by atoms with Gasteiger partial charge in [0.25, 0.3) is 0 Å². The second-order valence-corrected chi connectivity index (χ2v) is 15.1. The molecule has 8 aromatic carbocycles. The van der Waals surface area contributed by atoms with Crippen LogP contribution < -0.4 is 4.74 Å². The SMILES string of the molecule is CC1(c2c(O)c(O)c(-c3c(O)c(O)c(O)c4c(O)c(O)c(O)c(O)c34)c(O)c2O)Cc2c(cc3c4c(cccc24)Oc2cc(-c4ccccc4)ccc2-3)-c2ccccc21. The smallest absolute Gasteiger partial charge is 0.205 e. The highest BCUT2D eigenvalue weighted by Crippen LogP contribution is 2.65. The minimum absolute atomic E-state index is 0.106. The first-order valence-electron chi connectivity index (χ1n) is 18.4. The van der Waals surface area contributed by atoms with E-state index in [0.29, 0.717) is 17.1 Å². The van der Waals surface area contributed by atoms with Gasteiger partial charge < -0.3 is 60.9 Å². The first-order chi connectivity index (χ1) is 28.2. The van der Waals surface area contributed by atoms with E-state index in [-0.39, 0.29) is 12.0 Å². The fourth-order valence-electron chi connectivity index (χ4n) is 9.21. The average Bonchev–Trinajstić information content (AvgIpc) is 3.24. The second kappa shape index (κ2) is 11.9. The average molecular weight is 789 g/mol. The van der Waals surface area contributed by atoms with Crippen molar-refractivity contribution in [1.82, 2.24) is 0 Å². The van der Waals surface area contributed by atoms with Crippen molar-refractivity contribution >= 4 is 21.5 Å². The molecule has 0 fully saturated rings. The molecule has 0 spiro atoms. The normalized spacial score (nSPS) is 15.1. The molecule has 12 nitrogen and oxygen atoms in total. The Morgan fingerprint density at radius 3 is 1.73 bits per heavy atom. The molecule has 0 radical (unpaired) electrons. The Hall–Kier alpha value is -8.12. The third kappa shape index (κ3) is 4.53. The van der Waals surface area contributed by atoms with Crippen LogP contribution in [0.3, 0.4) is 0 Å². The van der Waals surface area contributed by atoms with Crippen molar-refractivity contribution in [3.05, 3.63) is 114 Å². The van der Waals surface area contributed by atoms with Crippen LogP contribution in [0.25, 0.3) is 66.1 Å². The van der Waals surface area contributed by atoms with Crippen molar-refractivity contribution in [3.63, 3.8) is 0 Å². The molecular weight excluding hydrogens is 757 g/mol. The first kappa shape index (κ1) is 35.3. The van der Waals surface area contributed by atoms with Crippen LogP contribution in [0.2, 0.25) is 0 Å². The van der Waals surface area contributed by atoms with Gasteiger partial charge in [-0.05, 0) is 75.0 Å². The summed E-state index contributed by atoms with van der Waals surface area (Å²) in [4.78, 5) is 0. The number of ether oxygens (including phenoxy) is 1. The Balaban J connectivity index is 1.20. The Morgan fingerprint density at radius 1 is 0.424 bits per heavy atom. The molecule has 10 rings (SSSR count). The lowest BCUT2D eigenvalue weighted by Crippen LogP contribution is -2.31. The summed E-state index contributed by atoms with van der Waals surface area (Å²) in [5.74, 6) is -11.9. The van der Waals surface area contributed by atoms with E-state index in [9.17, 15) is 56.2 Å². The third-order valence-electron chi connectivity index (χ3n) is 11.9. The zero-order valence-electron chi connectivity index (χ0n) is 30.8. The third-order valence-corrected chi connectivity index (χ3v) is 11.9. The fourth-order valence-corrected chi connectivity index (χ4v) is 9.21. The van der Waals surface area contributed by atoms with Gasteiger partial charge in [0.05, 0.1) is 16.5 Å². The quantitative estimate of drug-likeness (QED) is 0.0594. The first-order valence-corrected chi connectivity index (χ1v) is 18.4. The summed E-state index contributed by atoms with van der Waals surface area (Å²) in [6.45, 7) is 1.72. The summed E-state index contributed by atoms with van der Waals surface area (Å²) in [6.07, 6.45) is 0.106. The molecule has 1 unspecified atom stereocenters. The van der Waals surface area contributed by atoms with E-state index in [1.54, 1.807) is 13.0 Å². The lowest BCUT2D eigenvalue weighted by Gasteiger charge is -2.40. The van der Waals surface area contributed by atoms with Gasteiger partial charge in [-0.25, -0.2) is 0 Å². The monoisotopic (exact) mass is 788 g/mol. The number of hydrogen-bond acceptors (Lipinski definition) is 12. The molecule has 12 heteroatoms. The minimum atomic E-state index is -1.39. The van der Waals surface area contributed by atoms with E-state index in [1.165, 1.54) is 0 Å². The van der Waals surface area contributed by atoms with E-state index in [0.717, 1.165) is 49.7 Å². The standard InChI is InChI=1S/C47H32O12/c1-47(35-42(54)38(50)33(39(51)43(35)55)31-32-34(40(52)44(56)36(31)48)41(53)46(58)45(57)37(32)49)18-26-23-11-7-13-28-30(23)25(17-24(26)21-10-5-6-12-27(21)47)22-15-14-20(16-29(22)59-28)19-8-3-2-4-9-19/h2-17,48-58H,18H2,1H3. The van der Waals surface area contributed by atoms with Gasteiger partial charge in [-0.2, -0.15) is 0 Å². The van der Waals surface area contributed by atoms with E-state index in [4.69, 9.17) is 4.74 Å². The van der Waals surface area contributed by atoms with Crippen LogP contribution in [0.5, 0.6) is 74.7 Å². The Kier molecular flexibility index (Phi) is 7.15. The number of aromatic hydroxyl groups is 11. The molecular formula is C47H32O12. The van der Waals surface area contributed by atoms with Gasteiger partial charge in [0.2, 0.25) is 17.2 Å². The molecule has 8 aromatic rings. The van der Waals surface area contributed by atoms with Crippen molar-refractivity contribution in [2.75, 3.05) is 0 Å². The van der Waals surface area contributed by atoms with Crippen LogP contribution >= 0.6 is 0 Å². The number of hydrogen-bond donors (Lipinski definition) is 11. The maximum absolute atomic E-state index is 12.0. The van der Waals surface area contributed by atoms with E-state index in [1.807, 2.05) is 78.9 Å². The van der Waals surface area contributed by atoms with Crippen molar-refractivity contribution < 1.29 is 60.9 Å². The van der Waals surface area contributed by atoms with Crippen LogP contribution in [0.1, 0.15) is 23.6 Å².